The number of hydrogen-bond donors (Lipinski definition) is 1. The Bertz CT molecular complexity index is 916. The average molecular weight is 369 g/mol. The van der Waals surface area contributed by atoms with Crippen molar-refractivity contribution in [1.29, 1.82) is 0 Å². The maximum Gasteiger partial charge on any atom is 0.123 e. The predicted octanol–water partition coefficient (Wildman–Crippen LogP) is 6.47. The fourth-order valence-corrected chi connectivity index (χ4v) is 2.38. The van der Waals surface area contributed by atoms with Crippen LogP contribution >= 0.6 is 11.6 Å². The highest BCUT2D eigenvalue weighted by Gasteiger charge is 2.02. The average Bonchev–Trinajstić information content (AvgIpc) is 2.65. The molecule has 0 amide bonds. The Morgan fingerprint density at radius 3 is 2.00 bits per heavy atom. The van der Waals surface area contributed by atoms with Gasteiger partial charge in [-0.05, 0) is 72.3 Å². The quantitative estimate of drug-likeness (QED) is 0.512. The van der Waals surface area contributed by atoms with Crippen molar-refractivity contribution in [1.82, 2.24) is 0 Å². The van der Waals surface area contributed by atoms with Crippen LogP contribution in [0.2, 0.25) is 5.02 Å². The van der Waals surface area contributed by atoms with Crippen LogP contribution in [0.4, 0.5) is 20.2 Å². The van der Waals surface area contributed by atoms with Gasteiger partial charge in [0.15, 0.2) is 0 Å². The first kappa shape index (κ1) is 17.8. The fraction of sp³-hybridized carbons (Fsp3) is 0. The van der Waals surface area contributed by atoms with Crippen LogP contribution in [0.3, 0.4) is 0 Å². The van der Waals surface area contributed by atoms with Crippen LogP contribution < -0.4 is 5.32 Å². The summed E-state index contributed by atoms with van der Waals surface area (Å²) < 4.78 is 26.1. The number of halogens is 3. The lowest BCUT2D eigenvalue weighted by Gasteiger charge is -2.11. The van der Waals surface area contributed by atoms with Crippen LogP contribution in [-0.2, 0) is 0 Å². The molecule has 3 aromatic rings. The molecule has 3 rings (SSSR count). The highest BCUT2D eigenvalue weighted by atomic mass is 35.5. The van der Waals surface area contributed by atoms with E-state index in [1.54, 1.807) is 48.7 Å². The third-order valence-electron chi connectivity index (χ3n) is 3.57. The van der Waals surface area contributed by atoms with Gasteiger partial charge in [0.05, 0.1) is 5.69 Å². The first-order valence-electron chi connectivity index (χ1n) is 7.88. The Morgan fingerprint density at radius 2 is 1.38 bits per heavy atom. The smallest absolute Gasteiger partial charge is 0.123 e. The van der Waals surface area contributed by atoms with Gasteiger partial charge in [-0.15, -0.1) is 0 Å². The Labute approximate surface area is 155 Å². The third kappa shape index (κ3) is 5.01. The topological polar surface area (TPSA) is 24.4 Å². The molecule has 0 aromatic heterocycles. The minimum absolute atomic E-state index is 0.301. The van der Waals surface area contributed by atoms with E-state index in [9.17, 15) is 8.78 Å². The number of aliphatic imine (C=N–C) groups is 1. The van der Waals surface area contributed by atoms with Gasteiger partial charge < -0.3 is 5.32 Å². The molecule has 0 aliphatic rings. The molecule has 0 radical (unpaired) electrons. The Kier molecular flexibility index (Phi) is 5.77. The molecule has 26 heavy (non-hydrogen) atoms. The van der Waals surface area contributed by atoms with Crippen molar-refractivity contribution in [3.8, 4) is 0 Å². The van der Waals surface area contributed by atoms with Crippen LogP contribution in [-0.4, -0.2) is 6.21 Å². The zero-order chi connectivity index (χ0) is 18.4. The molecule has 0 heterocycles. The van der Waals surface area contributed by atoms with Gasteiger partial charge in [-0.25, -0.2) is 8.78 Å². The SMILES string of the molecule is Fc1ccc(N=C/C=C(/Nc2ccc(F)cc2)c2ccc(Cl)cc2)cc1. The first-order valence-corrected chi connectivity index (χ1v) is 8.26. The molecule has 0 spiro atoms. The molecular weight excluding hydrogens is 354 g/mol. The molecule has 0 bridgehead atoms. The monoisotopic (exact) mass is 368 g/mol. The van der Waals surface area contributed by atoms with E-state index in [4.69, 9.17) is 11.6 Å². The summed E-state index contributed by atoms with van der Waals surface area (Å²) in [7, 11) is 0. The van der Waals surface area contributed by atoms with Crippen molar-refractivity contribution >= 4 is 34.9 Å². The summed E-state index contributed by atoms with van der Waals surface area (Å²) in [6.45, 7) is 0. The number of rotatable bonds is 5. The van der Waals surface area contributed by atoms with Gasteiger partial charge in [-0.3, -0.25) is 4.99 Å². The van der Waals surface area contributed by atoms with Crippen LogP contribution in [0.5, 0.6) is 0 Å². The van der Waals surface area contributed by atoms with E-state index in [2.05, 4.69) is 10.3 Å². The molecule has 0 saturated heterocycles. The molecule has 1 N–H and O–H groups in total. The van der Waals surface area contributed by atoms with E-state index in [-0.39, 0.29) is 11.6 Å². The third-order valence-corrected chi connectivity index (χ3v) is 3.82. The molecule has 0 fully saturated rings. The van der Waals surface area contributed by atoms with E-state index < -0.39 is 0 Å². The summed E-state index contributed by atoms with van der Waals surface area (Å²) >= 11 is 5.95. The lowest BCUT2D eigenvalue weighted by Crippen LogP contribution is -1.99. The molecule has 2 nitrogen and oxygen atoms in total. The van der Waals surface area contributed by atoms with E-state index in [0.717, 1.165) is 16.9 Å². The second kappa shape index (κ2) is 8.41. The van der Waals surface area contributed by atoms with Crippen molar-refractivity contribution in [2.24, 2.45) is 4.99 Å². The van der Waals surface area contributed by atoms with E-state index >= 15 is 0 Å². The molecule has 130 valence electrons. The normalized spacial score (nSPS) is 11.7. The Hall–Kier alpha value is -2.98. The summed E-state index contributed by atoms with van der Waals surface area (Å²) in [6.07, 6.45) is 3.41. The summed E-state index contributed by atoms with van der Waals surface area (Å²) in [5.41, 5.74) is 3.03. The number of nitrogens with zero attached hydrogens (tertiary/aromatic N) is 1. The fourth-order valence-electron chi connectivity index (χ4n) is 2.25. The lowest BCUT2D eigenvalue weighted by atomic mass is 10.1. The maximum atomic E-state index is 13.1. The zero-order valence-corrected chi connectivity index (χ0v) is 14.4. The van der Waals surface area contributed by atoms with Crippen LogP contribution in [0.1, 0.15) is 5.56 Å². The highest BCUT2D eigenvalue weighted by molar-refractivity contribution is 6.30. The number of benzene rings is 3. The Morgan fingerprint density at radius 1 is 0.808 bits per heavy atom. The van der Waals surface area contributed by atoms with Crippen LogP contribution in [0.25, 0.3) is 5.70 Å². The summed E-state index contributed by atoms with van der Waals surface area (Å²) in [4.78, 5) is 4.29. The van der Waals surface area contributed by atoms with E-state index in [0.29, 0.717) is 10.7 Å². The van der Waals surface area contributed by atoms with Gasteiger partial charge in [0, 0.05) is 22.6 Å². The Balaban J connectivity index is 1.87. The minimum atomic E-state index is -0.306. The highest BCUT2D eigenvalue weighted by Crippen LogP contribution is 2.21. The summed E-state index contributed by atoms with van der Waals surface area (Å²) in [5, 5.41) is 3.87. The van der Waals surface area contributed by atoms with Crippen molar-refractivity contribution in [3.05, 3.63) is 101 Å². The molecule has 0 saturated carbocycles. The summed E-state index contributed by atoms with van der Waals surface area (Å²) in [5.74, 6) is -0.607. The molecule has 0 aliphatic heterocycles. The van der Waals surface area contributed by atoms with E-state index in [1.807, 2.05) is 12.1 Å². The van der Waals surface area contributed by atoms with Gasteiger partial charge in [0.1, 0.15) is 11.6 Å². The van der Waals surface area contributed by atoms with Gasteiger partial charge in [-0.2, -0.15) is 0 Å². The molecule has 0 atom stereocenters. The molecule has 3 aromatic carbocycles. The van der Waals surface area contributed by atoms with Crippen LogP contribution in [0.15, 0.2) is 83.9 Å². The number of anilines is 1. The van der Waals surface area contributed by atoms with Crippen molar-refractivity contribution < 1.29 is 8.78 Å². The molecular formula is C21H15ClF2N2. The second-order valence-electron chi connectivity index (χ2n) is 5.47. The molecule has 5 heteroatoms. The summed E-state index contributed by atoms with van der Waals surface area (Å²) in [6, 6.07) is 19.3. The number of nitrogens with one attached hydrogen (secondary N) is 1. The minimum Gasteiger partial charge on any atom is -0.355 e. The first-order chi connectivity index (χ1) is 12.6. The van der Waals surface area contributed by atoms with Crippen molar-refractivity contribution in [3.63, 3.8) is 0 Å². The van der Waals surface area contributed by atoms with Gasteiger partial charge in [0.25, 0.3) is 0 Å². The number of hydrogen-bond acceptors (Lipinski definition) is 2. The predicted molar refractivity (Wildman–Crippen MR) is 104 cm³/mol. The zero-order valence-electron chi connectivity index (χ0n) is 13.7. The molecule has 0 aliphatic carbocycles. The van der Waals surface area contributed by atoms with Gasteiger partial charge >= 0.3 is 0 Å². The van der Waals surface area contributed by atoms with Crippen molar-refractivity contribution in [2.75, 3.05) is 5.32 Å². The number of allylic oxidation sites excluding steroid dienone is 1. The standard InChI is InChI=1S/C21H15ClF2N2/c22-16-3-1-15(2-4-16)21(26-20-11-7-18(24)8-12-20)13-14-25-19-9-5-17(23)6-10-19/h1-14,26H/b21-13+,25-14?. The van der Waals surface area contributed by atoms with Gasteiger partial charge in [-0.1, -0.05) is 23.7 Å². The van der Waals surface area contributed by atoms with Gasteiger partial charge in [0.2, 0.25) is 0 Å². The van der Waals surface area contributed by atoms with Crippen molar-refractivity contribution in [2.45, 2.75) is 0 Å². The lowest BCUT2D eigenvalue weighted by molar-refractivity contribution is 0.627. The van der Waals surface area contributed by atoms with E-state index in [1.165, 1.54) is 24.3 Å². The second-order valence-corrected chi connectivity index (χ2v) is 5.91. The molecule has 0 unspecified atom stereocenters. The largest absolute Gasteiger partial charge is 0.355 e. The van der Waals surface area contributed by atoms with Crippen LogP contribution in [0, 0.1) is 11.6 Å². The maximum absolute atomic E-state index is 13.1.